The molecule has 0 aliphatic carbocycles. The lowest BCUT2D eigenvalue weighted by Crippen LogP contribution is -3.00. The molecule has 4 nitrogen and oxygen atoms in total. The number of pyridine rings is 1. The fourth-order valence-corrected chi connectivity index (χ4v) is 1.55. The lowest BCUT2D eigenvalue weighted by atomic mass is 10.3. The average molecular weight is 247 g/mol. The smallest absolute Gasteiger partial charge is 0.343 e. The van der Waals surface area contributed by atoms with E-state index in [1.165, 1.54) is 0 Å². The zero-order chi connectivity index (χ0) is 9.97. The predicted octanol–water partition coefficient (Wildman–Crippen LogP) is -2.83. The molecule has 2 rings (SSSR count). The van der Waals surface area contributed by atoms with E-state index in [1.807, 2.05) is 6.07 Å². The van der Waals surface area contributed by atoms with Gasteiger partial charge in [-0.05, 0) is 6.07 Å². The first-order valence-electron chi connectivity index (χ1n) is 4.47. The van der Waals surface area contributed by atoms with Gasteiger partial charge in [-0.15, -0.1) is 0 Å². The SMILES string of the molecule is NC1=[N+](Cc2ccc(Cl)nc2)CCN1.[Cl-]. The molecule has 0 atom stereocenters. The standard InChI is InChI=1S/C9H11ClN4.ClH/c10-8-2-1-7(5-13-8)6-14-4-3-12-9(14)11;/h1-2,5H,3-4,6H2,(H2,11,12);1H. The van der Waals surface area contributed by atoms with Crippen molar-refractivity contribution in [3.63, 3.8) is 0 Å². The van der Waals surface area contributed by atoms with E-state index in [2.05, 4.69) is 14.9 Å². The van der Waals surface area contributed by atoms with Crippen LogP contribution in [0, 0.1) is 0 Å². The highest BCUT2D eigenvalue weighted by molar-refractivity contribution is 6.29. The van der Waals surface area contributed by atoms with E-state index >= 15 is 0 Å². The van der Waals surface area contributed by atoms with Crippen molar-refractivity contribution in [2.75, 3.05) is 13.1 Å². The molecular formula is C9H12Cl2N4. The zero-order valence-corrected chi connectivity index (χ0v) is 9.59. The summed E-state index contributed by atoms with van der Waals surface area (Å²) in [6.45, 7) is 2.63. The van der Waals surface area contributed by atoms with Gasteiger partial charge in [-0.2, -0.15) is 0 Å². The van der Waals surface area contributed by atoms with Crippen LogP contribution in [0.1, 0.15) is 5.56 Å². The van der Waals surface area contributed by atoms with Crippen LogP contribution in [0.2, 0.25) is 5.15 Å². The van der Waals surface area contributed by atoms with Crippen molar-refractivity contribution in [1.29, 1.82) is 0 Å². The molecule has 3 N–H and O–H groups in total. The largest absolute Gasteiger partial charge is 1.00 e. The number of hydrogen-bond donors (Lipinski definition) is 2. The first-order valence-corrected chi connectivity index (χ1v) is 4.85. The number of nitrogens with two attached hydrogens (primary N) is 1. The number of aromatic nitrogens is 1. The van der Waals surface area contributed by atoms with Crippen molar-refractivity contribution in [2.24, 2.45) is 5.73 Å². The van der Waals surface area contributed by atoms with Crippen LogP contribution in [0.4, 0.5) is 0 Å². The van der Waals surface area contributed by atoms with Gasteiger partial charge in [-0.25, -0.2) is 4.98 Å². The second-order valence-corrected chi connectivity index (χ2v) is 3.61. The Morgan fingerprint density at radius 2 is 2.33 bits per heavy atom. The van der Waals surface area contributed by atoms with Crippen molar-refractivity contribution in [2.45, 2.75) is 6.54 Å². The lowest BCUT2D eigenvalue weighted by Gasteiger charge is -2.02. The molecule has 15 heavy (non-hydrogen) atoms. The fraction of sp³-hybridized carbons (Fsp3) is 0.333. The molecule has 1 aliphatic rings. The molecule has 2 heterocycles. The molecular weight excluding hydrogens is 235 g/mol. The zero-order valence-electron chi connectivity index (χ0n) is 8.08. The summed E-state index contributed by atoms with van der Waals surface area (Å²) in [7, 11) is 0. The van der Waals surface area contributed by atoms with Crippen LogP contribution in [0.3, 0.4) is 0 Å². The monoisotopic (exact) mass is 246 g/mol. The van der Waals surface area contributed by atoms with Crippen LogP contribution < -0.4 is 23.5 Å². The van der Waals surface area contributed by atoms with Gasteiger partial charge in [-0.1, -0.05) is 17.7 Å². The second kappa shape index (κ2) is 5.19. The Labute approximate surface area is 99.6 Å². The number of rotatable bonds is 2. The minimum absolute atomic E-state index is 0. The van der Waals surface area contributed by atoms with E-state index in [9.17, 15) is 0 Å². The predicted molar refractivity (Wildman–Crippen MR) is 55.3 cm³/mol. The Balaban J connectivity index is 0.00000112. The molecule has 0 saturated carbocycles. The van der Waals surface area contributed by atoms with Gasteiger partial charge in [0.1, 0.15) is 5.15 Å². The Hall–Kier alpha value is -1.000. The molecule has 0 saturated heterocycles. The summed E-state index contributed by atoms with van der Waals surface area (Å²) >= 11 is 5.69. The van der Waals surface area contributed by atoms with E-state index < -0.39 is 0 Å². The van der Waals surface area contributed by atoms with E-state index in [1.54, 1.807) is 12.3 Å². The molecule has 0 fully saturated rings. The summed E-state index contributed by atoms with van der Waals surface area (Å²) in [5.74, 6) is 0.736. The van der Waals surface area contributed by atoms with E-state index in [0.29, 0.717) is 5.15 Å². The van der Waals surface area contributed by atoms with E-state index in [0.717, 1.165) is 31.2 Å². The molecule has 1 aromatic rings. The molecule has 0 bridgehead atoms. The normalized spacial score (nSPS) is 14.7. The third-order valence-electron chi connectivity index (χ3n) is 2.19. The molecule has 0 unspecified atom stereocenters. The summed E-state index contributed by atoms with van der Waals surface area (Å²) in [6.07, 6.45) is 1.77. The van der Waals surface area contributed by atoms with Crippen LogP contribution in [0.5, 0.6) is 0 Å². The molecule has 6 heteroatoms. The van der Waals surface area contributed by atoms with Gasteiger partial charge >= 0.3 is 5.96 Å². The van der Waals surface area contributed by atoms with Gasteiger partial charge < -0.3 is 12.4 Å². The van der Waals surface area contributed by atoms with Gasteiger partial charge in [0.15, 0.2) is 0 Å². The minimum atomic E-state index is 0. The average Bonchev–Trinajstić information content (AvgIpc) is 2.56. The van der Waals surface area contributed by atoms with E-state index in [-0.39, 0.29) is 12.4 Å². The minimum Gasteiger partial charge on any atom is -1.00 e. The number of nitrogens with zero attached hydrogens (tertiary/aromatic N) is 2. The number of nitrogens with one attached hydrogen (secondary N) is 1. The van der Waals surface area contributed by atoms with Crippen LogP contribution in [-0.4, -0.2) is 28.6 Å². The molecule has 1 aliphatic heterocycles. The van der Waals surface area contributed by atoms with Crippen molar-refractivity contribution < 1.29 is 17.0 Å². The van der Waals surface area contributed by atoms with Crippen molar-refractivity contribution in [1.82, 2.24) is 10.3 Å². The first-order chi connectivity index (χ1) is 6.75. The summed E-state index contributed by atoms with van der Waals surface area (Å²) in [5.41, 5.74) is 6.85. The first kappa shape index (κ1) is 12.1. The molecule has 1 aromatic heterocycles. The quantitative estimate of drug-likeness (QED) is 0.437. The van der Waals surface area contributed by atoms with Gasteiger partial charge in [-0.3, -0.25) is 15.6 Å². The fourth-order valence-electron chi connectivity index (χ4n) is 1.44. The summed E-state index contributed by atoms with van der Waals surface area (Å²) in [4.78, 5) is 4.01. The Bertz CT molecular complexity index is 361. The lowest BCUT2D eigenvalue weighted by molar-refractivity contribution is -0.535. The number of halogens is 2. The van der Waals surface area contributed by atoms with Crippen LogP contribution in [-0.2, 0) is 6.54 Å². The Kier molecular flexibility index (Phi) is 4.17. The maximum absolute atomic E-state index is 5.74. The van der Waals surface area contributed by atoms with Crippen molar-refractivity contribution in [3.05, 3.63) is 29.0 Å². The highest BCUT2D eigenvalue weighted by Gasteiger charge is 2.15. The van der Waals surface area contributed by atoms with Crippen LogP contribution in [0.15, 0.2) is 18.3 Å². The Morgan fingerprint density at radius 3 is 2.87 bits per heavy atom. The maximum atomic E-state index is 5.74. The Morgan fingerprint density at radius 1 is 1.53 bits per heavy atom. The van der Waals surface area contributed by atoms with E-state index in [4.69, 9.17) is 17.3 Å². The number of guanidine groups is 1. The van der Waals surface area contributed by atoms with Crippen LogP contribution >= 0.6 is 11.6 Å². The van der Waals surface area contributed by atoms with Gasteiger partial charge in [0, 0.05) is 11.8 Å². The van der Waals surface area contributed by atoms with Crippen LogP contribution in [0.25, 0.3) is 0 Å². The summed E-state index contributed by atoms with van der Waals surface area (Å²) < 4.78 is 2.07. The third kappa shape index (κ3) is 2.97. The van der Waals surface area contributed by atoms with Crippen molar-refractivity contribution >= 4 is 17.6 Å². The summed E-state index contributed by atoms with van der Waals surface area (Å²) in [6, 6.07) is 3.75. The molecule has 0 aromatic carbocycles. The third-order valence-corrected chi connectivity index (χ3v) is 2.41. The molecule has 0 radical (unpaired) electrons. The van der Waals surface area contributed by atoms with Gasteiger partial charge in [0.2, 0.25) is 0 Å². The van der Waals surface area contributed by atoms with Crippen molar-refractivity contribution in [3.8, 4) is 0 Å². The van der Waals surface area contributed by atoms with Gasteiger partial charge in [0.05, 0.1) is 19.6 Å². The highest BCUT2D eigenvalue weighted by atomic mass is 35.5. The molecule has 82 valence electrons. The molecule has 0 amide bonds. The molecule has 0 spiro atoms. The number of hydrogen-bond acceptors (Lipinski definition) is 3. The maximum Gasteiger partial charge on any atom is 0.343 e. The highest BCUT2D eigenvalue weighted by Crippen LogP contribution is 2.06. The second-order valence-electron chi connectivity index (χ2n) is 3.22. The summed E-state index contributed by atoms with van der Waals surface area (Å²) in [5, 5.41) is 3.59. The van der Waals surface area contributed by atoms with Gasteiger partial charge in [0.25, 0.3) is 0 Å². The topological polar surface area (TPSA) is 54.0 Å².